The molecule has 0 aliphatic carbocycles. The van der Waals surface area contributed by atoms with Gasteiger partial charge in [0.2, 0.25) is 15.9 Å². The van der Waals surface area contributed by atoms with Crippen LogP contribution in [0.25, 0.3) is 0 Å². The second-order valence-electron chi connectivity index (χ2n) is 4.59. The Morgan fingerprint density at radius 1 is 1.45 bits per heavy atom. The molecule has 1 aliphatic rings. The molecule has 8 nitrogen and oxygen atoms in total. The maximum atomic E-state index is 11.4. The average molecular weight is 303 g/mol. The zero-order valence-electron chi connectivity index (χ0n) is 11.3. The smallest absolute Gasteiger partial charge is 0.356 e. The number of carbonyl (C=O) groups excluding carboxylic acids is 1. The van der Waals surface area contributed by atoms with Gasteiger partial charge in [-0.1, -0.05) is 0 Å². The molecule has 0 bridgehead atoms. The molecule has 1 N–H and O–H groups in total. The Balaban J connectivity index is 1.90. The molecule has 2 rings (SSSR count). The third-order valence-electron chi connectivity index (χ3n) is 3.12. The zero-order valence-corrected chi connectivity index (χ0v) is 12.1. The zero-order chi connectivity index (χ0) is 14.8. The summed E-state index contributed by atoms with van der Waals surface area (Å²) in [4.78, 5) is 11.2. The van der Waals surface area contributed by atoms with E-state index in [0.717, 1.165) is 0 Å². The summed E-state index contributed by atoms with van der Waals surface area (Å²) in [6.45, 7) is 0.857. The van der Waals surface area contributed by atoms with Crippen molar-refractivity contribution in [3.63, 3.8) is 0 Å². The number of sulfonamides is 1. The number of H-pyrrole nitrogens is 1. The number of nitrogens with zero attached hydrogens (tertiary/aromatic N) is 2. The van der Waals surface area contributed by atoms with E-state index in [9.17, 15) is 13.2 Å². The van der Waals surface area contributed by atoms with Crippen LogP contribution < -0.4 is 4.74 Å². The largest absolute Gasteiger partial charge is 0.473 e. The summed E-state index contributed by atoms with van der Waals surface area (Å²) in [5, 5.41) is 6.39. The molecule has 0 atom stereocenters. The molecule has 9 heteroatoms. The van der Waals surface area contributed by atoms with Gasteiger partial charge >= 0.3 is 5.97 Å². The van der Waals surface area contributed by atoms with Gasteiger partial charge in [0.15, 0.2) is 0 Å². The lowest BCUT2D eigenvalue weighted by atomic mass is 10.1. The van der Waals surface area contributed by atoms with Crippen LogP contribution in [0.4, 0.5) is 0 Å². The van der Waals surface area contributed by atoms with Crippen molar-refractivity contribution < 1.29 is 22.7 Å². The number of hydrogen-bond acceptors (Lipinski definition) is 6. The van der Waals surface area contributed by atoms with Gasteiger partial charge in [-0.2, -0.15) is 0 Å². The molecule has 1 aromatic heterocycles. The third kappa shape index (κ3) is 3.48. The van der Waals surface area contributed by atoms with Crippen molar-refractivity contribution in [2.45, 2.75) is 18.9 Å². The lowest BCUT2D eigenvalue weighted by Crippen LogP contribution is -2.41. The molecular formula is C11H17N3O5S. The number of carbonyl (C=O) groups is 1. The van der Waals surface area contributed by atoms with E-state index >= 15 is 0 Å². The normalized spacial score (nSPS) is 17.9. The number of ether oxygens (including phenoxy) is 2. The molecule has 0 amide bonds. The van der Waals surface area contributed by atoms with Gasteiger partial charge in [0.25, 0.3) is 0 Å². The lowest BCUT2D eigenvalue weighted by molar-refractivity contribution is 0.0593. The van der Waals surface area contributed by atoms with E-state index in [1.54, 1.807) is 0 Å². The van der Waals surface area contributed by atoms with Crippen LogP contribution in [0.15, 0.2) is 6.07 Å². The fourth-order valence-electron chi connectivity index (χ4n) is 2.03. The number of methoxy groups -OCH3 is 1. The number of aromatic amines is 1. The minimum Gasteiger partial charge on any atom is -0.473 e. The van der Waals surface area contributed by atoms with Crippen molar-refractivity contribution >= 4 is 16.0 Å². The molecule has 0 spiro atoms. The van der Waals surface area contributed by atoms with Crippen molar-refractivity contribution in [1.29, 1.82) is 0 Å². The first-order chi connectivity index (χ1) is 9.40. The van der Waals surface area contributed by atoms with E-state index < -0.39 is 16.0 Å². The summed E-state index contributed by atoms with van der Waals surface area (Å²) in [6, 6.07) is 1.47. The van der Waals surface area contributed by atoms with Crippen molar-refractivity contribution in [3.8, 4) is 5.88 Å². The highest BCUT2D eigenvalue weighted by molar-refractivity contribution is 7.88. The molecule has 0 saturated carbocycles. The van der Waals surface area contributed by atoms with Crippen molar-refractivity contribution in [2.75, 3.05) is 26.5 Å². The van der Waals surface area contributed by atoms with Gasteiger partial charge in [0.05, 0.1) is 13.4 Å². The van der Waals surface area contributed by atoms with Crippen molar-refractivity contribution in [2.24, 2.45) is 0 Å². The third-order valence-corrected chi connectivity index (χ3v) is 4.42. The summed E-state index contributed by atoms with van der Waals surface area (Å²) in [5.41, 5.74) is 0.219. The molecule has 0 radical (unpaired) electrons. The van der Waals surface area contributed by atoms with E-state index in [0.29, 0.717) is 31.8 Å². The van der Waals surface area contributed by atoms with Gasteiger partial charge in [0, 0.05) is 19.2 Å². The maximum Gasteiger partial charge on any atom is 0.356 e. The summed E-state index contributed by atoms with van der Waals surface area (Å²) in [7, 11) is -1.86. The summed E-state index contributed by atoms with van der Waals surface area (Å²) in [5.74, 6) is -0.206. The Bertz CT molecular complexity index is 575. The summed E-state index contributed by atoms with van der Waals surface area (Å²) < 4.78 is 34.4. The first-order valence-corrected chi connectivity index (χ1v) is 8.00. The number of aromatic nitrogens is 2. The predicted octanol–water partition coefficient (Wildman–Crippen LogP) is -0.000900. The molecule has 0 unspecified atom stereocenters. The molecule has 1 aliphatic heterocycles. The van der Waals surface area contributed by atoms with Crippen LogP contribution in [0.1, 0.15) is 23.3 Å². The van der Waals surface area contributed by atoms with Crippen molar-refractivity contribution in [3.05, 3.63) is 11.8 Å². The minimum atomic E-state index is -3.14. The van der Waals surface area contributed by atoms with Gasteiger partial charge < -0.3 is 9.47 Å². The Kier molecular flexibility index (Phi) is 4.29. The van der Waals surface area contributed by atoms with Crippen LogP contribution in [-0.2, 0) is 14.8 Å². The SMILES string of the molecule is COC(=O)c1cc(OC2CCN(S(C)(=O)=O)CC2)n[nH]1. The minimum absolute atomic E-state index is 0.109. The maximum absolute atomic E-state index is 11.4. The van der Waals surface area contributed by atoms with Gasteiger partial charge in [0.1, 0.15) is 11.8 Å². The second-order valence-corrected chi connectivity index (χ2v) is 6.57. The Morgan fingerprint density at radius 3 is 2.65 bits per heavy atom. The fraction of sp³-hybridized carbons (Fsp3) is 0.636. The predicted molar refractivity (Wildman–Crippen MR) is 70.0 cm³/mol. The molecule has 1 aromatic rings. The molecule has 112 valence electrons. The van der Waals surface area contributed by atoms with Gasteiger partial charge in [-0.05, 0) is 12.8 Å². The van der Waals surface area contributed by atoms with Gasteiger partial charge in [-0.25, -0.2) is 17.5 Å². The van der Waals surface area contributed by atoms with Crippen LogP contribution in [0.5, 0.6) is 5.88 Å². The number of piperidine rings is 1. The highest BCUT2D eigenvalue weighted by Gasteiger charge is 2.26. The quantitative estimate of drug-likeness (QED) is 0.786. The monoisotopic (exact) mass is 303 g/mol. The molecule has 0 aromatic carbocycles. The van der Waals surface area contributed by atoms with Crippen LogP contribution in [-0.4, -0.2) is 61.4 Å². The van der Waals surface area contributed by atoms with E-state index in [1.807, 2.05) is 0 Å². The van der Waals surface area contributed by atoms with E-state index in [2.05, 4.69) is 14.9 Å². The molecular weight excluding hydrogens is 286 g/mol. The van der Waals surface area contributed by atoms with E-state index in [1.165, 1.54) is 23.7 Å². The summed E-state index contributed by atoms with van der Waals surface area (Å²) in [6.07, 6.45) is 2.27. The van der Waals surface area contributed by atoms with Gasteiger partial charge in [-0.3, -0.25) is 5.10 Å². The van der Waals surface area contributed by atoms with Crippen LogP contribution >= 0.6 is 0 Å². The number of rotatable bonds is 4. The van der Waals surface area contributed by atoms with Crippen LogP contribution in [0.2, 0.25) is 0 Å². The standard InChI is InChI=1S/C11H17N3O5S/c1-18-11(15)9-7-10(13-12-9)19-8-3-5-14(6-4-8)20(2,16)17/h7-8H,3-6H2,1-2H3,(H,12,13). The van der Waals surface area contributed by atoms with E-state index in [-0.39, 0.29) is 11.8 Å². The Morgan fingerprint density at radius 2 is 2.10 bits per heavy atom. The average Bonchev–Trinajstić information content (AvgIpc) is 2.86. The number of hydrogen-bond donors (Lipinski definition) is 1. The lowest BCUT2D eigenvalue weighted by Gasteiger charge is -2.29. The first-order valence-electron chi connectivity index (χ1n) is 6.15. The number of esters is 1. The fourth-order valence-corrected chi connectivity index (χ4v) is 2.90. The summed E-state index contributed by atoms with van der Waals surface area (Å²) >= 11 is 0. The van der Waals surface area contributed by atoms with Gasteiger partial charge in [-0.15, -0.1) is 5.10 Å². The highest BCUT2D eigenvalue weighted by Crippen LogP contribution is 2.19. The van der Waals surface area contributed by atoms with Crippen LogP contribution in [0.3, 0.4) is 0 Å². The van der Waals surface area contributed by atoms with Crippen molar-refractivity contribution in [1.82, 2.24) is 14.5 Å². The topological polar surface area (TPSA) is 102 Å². The highest BCUT2D eigenvalue weighted by atomic mass is 32.2. The molecule has 1 saturated heterocycles. The number of nitrogens with one attached hydrogen (secondary N) is 1. The first kappa shape index (κ1) is 14.8. The van der Waals surface area contributed by atoms with E-state index in [4.69, 9.17) is 4.74 Å². The Labute approximate surface area is 117 Å². The molecule has 20 heavy (non-hydrogen) atoms. The van der Waals surface area contributed by atoms with Crippen LogP contribution in [0, 0.1) is 0 Å². The molecule has 1 fully saturated rings. The molecule has 2 heterocycles. The second kappa shape index (κ2) is 5.80. The Hall–Kier alpha value is -1.61.